The van der Waals surface area contributed by atoms with Gasteiger partial charge in [0.25, 0.3) is 5.91 Å². The number of hydrogen-bond donors (Lipinski definition) is 2. The molecule has 1 saturated carbocycles. The largest absolute Gasteiger partial charge is 0.481 e. The first kappa shape index (κ1) is 20.1. The summed E-state index contributed by atoms with van der Waals surface area (Å²) in [7, 11) is 1.82. The minimum atomic E-state index is -1.15. The molecule has 6 nitrogen and oxygen atoms in total. The van der Waals surface area contributed by atoms with E-state index >= 15 is 0 Å². The molecule has 2 N–H and O–H groups in total. The van der Waals surface area contributed by atoms with Gasteiger partial charge < -0.3 is 10.4 Å². The molecule has 1 fully saturated rings. The number of aryl methyl sites for hydroxylation is 1. The zero-order valence-electron chi connectivity index (χ0n) is 16.6. The maximum absolute atomic E-state index is 13.0. The van der Waals surface area contributed by atoms with Gasteiger partial charge in [-0.05, 0) is 24.8 Å². The van der Waals surface area contributed by atoms with Crippen molar-refractivity contribution in [2.24, 2.45) is 7.05 Å². The van der Waals surface area contributed by atoms with E-state index in [1.807, 2.05) is 32.2 Å². The van der Waals surface area contributed by atoms with Gasteiger partial charge in [-0.1, -0.05) is 56.5 Å². The fraction of sp³-hybridized carbons (Fsp3) is 0.500. The Kier molecular flexibility index (Phi) is 6.17. The molecule has 1 amide bonds. The molecule has 1 aliphatic carbocycles. The van der Waals surface area contributed by atoms with Crippen LogP contribution in [-0.4, -0.2) is 33.3 Å². The van der Waals surface area contributed by atoms with Crippen LogP contribution in [-0.2, 0) is 17.3 Å². The molecular formula is C22H29N3O3. The van der Waals surface area contributed by atoms with Crippen LogP contribution in [0.15, 0.2) is 36.5 Å². The topological polar surface area (TPSA) is 84.2 Å². The quantitative estimate of drug-likeness (QED) is 0.765. The first-order valence-corrected chi connectivity index (χ1v) is 10.1. The number of amides is 1. The summed E-state index contributed by atoms with van der Waals surface area (Å²) in [5, 5.41) is 17.4. The molecule has 2 aromatic rings. The smallest absolute Gasteiger partial charge is 0.315 e. The summed E-state index contributed by atoms with van der Waals surface area (Å²) in [6, 6.07) is 9.12. The van der Waals surface area contributed by atoms with Crippen molar-refractivity contribution in [3.05, 3.63) is 53.3 Å². The Hall–Kier alpha value is -2.63. The third kappa shape index (κ3) is 3.96. The molecule has 1 aliphatic rings. The molecule has 28 heavy (non-hydrogen) atoms. The van der Waals surface area contributed by atoms with Gasteiger partial charge in [-0.3, -0.25) is 14.3 Å². The molecule has 1 aromatic carbocycles. The number of carboxylic acids is 1. The number of carbonyl (C=O) groups is 2. The highest BCUT2D eigenvalue weighted by atomic mass is 16.4. The van der Waals surface area contributed by atoms with Crippen LogP contribution in [0.4, 0.5) is 0 Å². The number of nitrogens with one attached hydrogen (secondary N) is 1. The lowest BCUT2D eigenvalue weighted by molar-refractivity contribution is -0.143. The highest BCUT2D eigenvalue weighted by molar-refractivity contribution is 5.96. The van der Waals surface area contributed by atoms with Gasteiger partial charge in [0.15, 0.2) is 0 Å². The Morgan fingerprint density at radius 1 is 1.21 bits per heavy atom. The van der Waals surface area contributed by atoms with E-state index in [2.05, 4.69) is 10.4 Å². The summed E-state index contributed by atoms with van der Waals surface area (Å²) >= 11 is 0. The van der Waals surface area contributed by atoms with Crippen molar-refractivity contribution < 1.29 is 14.7 Å². The van der Waals surface area contributed by atoms with E-state index in [1.54, 1.807) is 23.0 Å². The van der Waals surface area contributed by atoms with Crippen molar-refractivity contribution in [1.82, 2.24) is 15.1 Å². The monoisotopic (exact) mass is 383 g/mol. The number of nitrogens with zero attached hydrogens (tertiary/aromatic N) is 2. The van der Waals surface area contributed by atoms with Crippen molar-refractivity contribution in [3.8, 4) is 0 Å². The van der Waals surface area contributed by atoms with Crippen LogP contribution in [0, 0.1) is 0 Å². The highest BCUT2D eigenvalue weighted by Crippen LogP contribution is 2.34. The molecule has 3 rings (SSSR count). The summed E-state index contributed by atoms with van der Waals surface area (Å²) in [4.78, 5) is 25.1. The van der Waals surface area contributed by atoms with Gasteiger partial charge in [0.1, 0.15) is 5.41 Å². The minimum Gasteiger partial charge on any atom is -0.481 e. The summed E-state index contributed by atoms with van der Waals surface area (Å²) < 4.78 is 1.68. The first-order valence-electron chi connectivity index (χ1n) is 10.1. The molecular weight excluding hydrogens is 354 g/mol. The van der Waals surface area contributed by atoms with Gasteiger partial charge in [0, 0.05) is 25.7 Å². The number of carboxylic acid groups (broad SMARTS) is 1. The number of hydrogen-bond acceptors (Lipinski definition) is 3. The van der Waals surface area contributed by atoms with Crippen LogP contribution in [0.3, 0.4) is 0 Å². The zero-order valence-corrected chi connectivity index (χ0v) is 16.6. The molecule has 1 atom stereocenters. The number of carbonyl (C=O) groups excluding carboxylic acids is 1. The lowest BCUT2D eigenvalue weighted by Gasteiger charge is -2.29. The molecule has 150 valence electrons. The number of benzene rings is 1. The van der Waals surface area contributed by atoms with E-state index in [0.29, 0.717) is 23.5 Å². The molecule has 6 heteroatoms. The summed E-state index contributed by atoms with van der Waals surface area (Å²) in [6.45, 7) is 1.88. The van der Waals surface area contributed by atoms with Crippen molar-refractivity contribution in [2.75, 3.05) is 6.54 Å². The number of aromatic nitrogens is 2. The molecule has 1 unspecified atom stereocenters. The Morgan fingerprint density at radius 3 is 2.50 bits per heavy atom. The van der Waals surface area contributed by atoms with Gasteiger partial charge in [-0.15, -0.1) is 0 Å². The highest BCUT2D eigenvalue weighted by Gasteiger charge is 2.39. The fourth-order valence-corrected chi connectivity index (χ4v) is 4.22. The van der Waals surface area contributed by atoms with Gasteiger partial charge >= 0.3 is 5.97 Å². The Labute approximate surface area is 166 Å². The fourth-order valence-electron chi connectivity index (χ4n) is 4.22. The second-order valence-electron chi connectivity index (χ2n) is 7.73. The average molecular weight is 383 g/mol. The Balaban J connectivity index is 1.82. The molecule has 0 saturated heterocycles. The van der Waals surface area contributed by atoms with Crippen molar-refractivity contribution in [3.63, 3.8) is 0 Å². The predicted octanol–water partition coefficient (Wildman–Crippen LogP) is 3.63. The number of aliphatic carboxylic acids is 1. The summed E-state index contributed by atoms with van der Waals surface area (Å²) in [5.41, 5.74) is 0.961. The van der Waals surface area contributed by atoms with Crippen molar-refractivity contribution in [1.29, 1.82) is 0 Å². The second-order valence-corrected chi connectivity index (χ2v) is 7.73. The molecule has 1 aromatic heterocycles. The van der Waals surface area contributed by atoms with Crippen LogP contribution in [0.1, 0.15) is 73.0 Å². The molecule has 0 radical (unpaired) electrons. The van der Waals surface area contributed by atoms with Crippen LogP contribution in [0.2, 0.25) is 0 Å². The summed E-state index contributed by atoms with van der Waals surface area (Å²) in [6.07, 6.45) is 7.79. The third-order valence-electron chi connectivity index (χ3n) is 5.98. The minimum absolute atomic E-state index is 0.0423. The van der Waals surface area contributed by atoms with Gasteiger partial charge in [-0.2, -0.15) is 5.10 Å². The number of rotatable bonds is 7. The van der Waals surface area contributed by atoms with Crippen LogP contribution < -0.4 is 5.32 Å². The van der Waals surface area contributed by atoms with Gasteiger partial charge in [-0.25, -0.2) is 0 Å². The van der Waals surface area contributed by atoms with Crippen molar-refractivity contribution >= 4 is 11.9 Å². The predicted molar refractivity (Wildman–Crippen MR) is 107 cm³/mol. The SMILES string of the molecule is CCC(CNC(=O)c1cn(C)nc1C1CCCCC1)(C(=O)O)c1ccccc1. The Bertz CT molecular complexity index is 825. The molecule has 0 spiro atoms. The first-order chi connectivity index (χ1) is 13.5. The van der Waals surface area contributed by atoms with E-state index < -0.39 is 11.4 Å². The average Bonchev–Trinajstić information content (AvgIpc) is 3.12. The lowest BCUT2D eigenvalue weighted by atomic mass is 9.78. The standard InChI is InChI=1S/C22H29N3O3/c1-3-22(21(27)28,17-12-8-5-9-13-17)15-23-20(26)18-14-25(2)24-19(18)16-10-6-4-7-11-16/h5,8-9,12-14,16H,3-4,6-7,10-11,15H2,1-2H3,(H,23,26)(H,27,28). The second kappa shape index (κ2) is 8.59. The maximum atomic E-state index is 13.0. The molecule has 0 bridgehead atoms. The van der Waals surface area contributed by atoms with Crippen LogP contribution in [0.5, 0.6) is 0 Å². The maximum Gasteiger partial charge on any atom is 0.315 e. The van der Waals surface area contributed by atoms with E-state index in [1.165, 1.54) is 6.42 Å². The van der Waals surface area contributed by atoms with E-state index in [0.717, 1.165) is 31.4 Å². The molecule has 0 aliphatic heterocycles. The Morgan fingerprint density at radius 2 is 1.89 bits per heavy atom. The normalized spacial score (nSPS) is 17.1. The van der Waals surface area contributed by atoms with Gasteiger partial charge in [0.2, 0.25) is 0 Å². The van der Waals surface area contributed by atoms with E-state index in [4.69, 9.17) is 0 Å². The van der Waals surface area contributed by atoms with E-state index in [9.17, 15) is 14.7 Å². The molecule has 1 heterocycles. The zero-order chi connectivity index (χ0) is 20.1. The third-order valence-corrected chi connectivity index (χ3v) is 5.98. The lowest BCUT2D eigenvalue weighted by Crippen LogP contribution is -2.46. The van der Waals surface area contributed by atoms with Crippen LogP contribution >= 0.6 is 0 Å². The van der Waals surface area contributed by atoms with Crippen LogP contribution in [0.25, 0.3) is 0 Å². The van der Waals surface area contributed by atoms with Crippen molar-refractivity contribution in [2.45, 2.75) is 56.8 Å². The van der Waals surface area contributed by atoms with E-state index in [-0.39, 0.29) is 12.5 Å². The summed E-state index contributed by atoms with van der Waals surface area (Å²) in [5.74, 6) is -0.871. The van der Waals surface area contributed by atoms with Gasteiger partial charge in [0.05, 0.1) is 11.3 Å².